The van der Waals surface area contributed by atoms with E-state index in [-0.39, 0.29) is 18.0 Å². The molecule has 3 rings (SSSR count). The van der Waals surface area contributed by atoms with Crippen molar-refractivity contribution in [1.82, 2.24) is 15.3 Å². The molecule has 0 unspecified atom stereocenters. The normalized spacial score (nSPS) is 11.1. The molecule has 0 atom stereocenters. The molecule has 0 radical (unpaired) electrons. The van der Waals surface area contributed by atoms with Gasteiger partial charge in [0, 0.05) is 34.6 Å². The summed E-state index contributed by atoms with van der Waals surface area (Å²) in [5.41, 5.74) is 0.567. The number of carbonyl (C=O) groups excluding carboxylic acids is 1. The van der Waals surface area contributed by atoms with E-state index in [2.05, 4.69) is 29.1 Å². The minimum Gasteiger partial charge on any atom is -0.346 e. The van der Waals surface area contributed by atoms with Crippen LogP contribution in [-0.4, -0.2) is 15.9 Å². The van der Waals surface area contributed by atoms with Crippen molar-refractivity contribution in [3.8, 4) is 10.0 Å². The Bertz CT molecular complexity index is 907. The summed E-state index contributed by atoms with van der Waals surface area (Å²) in [6, 6.07) is 3.29. The Morgan fingerprint density at radius 3 is 2.73 bits per heavy atom. The zero-order valence-corrected chi connectivity index (χ0v) is 15.9. The molecule has 4 nitrogen and oxygen atoms in total. The van der Waals surface area contributed by atoms with Crippen molar-refractivity contribution in [2.45, 2.75) is 26.8 Å². The number of aromatic nitrogens is 2. The molecule has 0 spiro atoms. The van der Waals surface area contributed by atoms with Crippen LogP contribution in [0.15, 0.2) is 29.8 Å². The Morgan fingerprint density at radius 1 is 1.27 bits per heavy atom. The van der Waals surface area contributed by atoms with Crippen LogP contribution in [0.3, 0.4) is 0 Å². The molecule has 0 aliphatic rings. The third-order valence-corrected chi connectivity index (χ3v) is 5.57. The van der Waals surface area contributed by atoms with E-state index in [4.69, 9.17) is 0 Å². The second kappa shape index (κ2) is 8.01. The lowest BCUT2D eigenvalue weighted by molar-refractivity contribution is 0.0945. The third kappa shape index (κ3) is 4.31. The van der Waals surface area contributed by atoms with Gasteiger partial charge in [0.2, 0.25) is 0 Å². The molecule has 0 aliphatic heterocycles. The van der Waals surface area contributed by atoms with Crippen LogP contribution < -0.4 is 5.32 Å². The molecule has 1 amide bonds. The van der Waals surface area contributed by atoms with Crippen molar-refractivity contribution in [3.05, 3.63) is 57.5 Å². The number of halogens is 2. The zero-order chi connectivity index (χ0) is 18.7. The molecule has 1 aromatic carbocycles. The first-order chi connectivity index (χ1) is 12.4. The number of thiazole rings is 2. The van der Waals surface area contributed by atoms with E-state index in [9.17, 15) is 13.6 Å². The van der Waals surface area contributed by atoms with E-state index in [0.717, 1.165) is 28.4 Å². The van der Waals surface area contributed by atoms with Gasteiger partial charge in [0.15, 0.2) is 10.0 Å². The van der Waals surface area contributed by atoms with Crippen LogP contribution in [0.2, 0.25) is 0 Å². The van der Waals surface area contributed by atoms with Crippen LogP contribution in [0.5, 0.6) is 0 Å². The zero-order valence-electron chi connectivity index (χ0n) is 14.3. The minimum absolute atomic E-state index is 0.0316. The molecule has 1 N–H and O–H groups in total. The lowest BCUT2D eigenvalue weighted by atomic mass is 10.1. The molecule has 26 heavy (non-hydrogen) atoms. The van der Waals surface area contributed by atoms with Gasteiger partial charge in [-0.25, -0.2) is 18.7 Å². The maximum atomic E-state index is 13.7. The standard InChI is InChI=1S/C18H17F2N3OS2/c1-10(2)7-14-15(23-18(26-14)17-21-5-6-25-17)16(24)22-9-11-3-4-12(19)8-13(11)20/h3-6,8,10H,7,9H2,1-2H3,(H,22,24). The van der Waals surface area contributed by atoms with Gasteiger partial charge >= 0.3 is 0 Å². The van der Waals surface area contributed by atoms with E-state index >= 15 is 0 Å². The van der Waals surface area contributed by atoms with Gasteiger partial charge in [-0.15, -0.1) is 22.7 Å². The molecule has 2 heterocycles. The fourth-order valence-corrected chi connectivity index (χ4v) is 4.33. The lowest BCUT2D eigenvalue weighted by Crippen LogP contribution is -2.25. The number of hydrogen-bond donors (Lipinski definition) is 1. The van der Waals surface area contributed by atoms with Gasteiger partial charge < -0.3 is 5.32 Å². The van der Waals surface area contributed by atoms with Gasteiger partial charge in [-0.2, -0.15) is 0 Å². The molecule has 0 aliphatic carbocycles. The Hall–Kier alpha value is -2.19. The highest BCUT2D eigenvalue weighted by Gasteiger charge is 2.21. The van der Waals surface area contributed by atoms with E-state index in [1.165, 1.54) is 28.7 Å². The van der Waals surface area contributed by atoms with Crippen molar-refractivity contribution >= 4 is 28.6 Å². The second-order valence-electron chi connectivity index (χ2n) is 6.14. The molecular weight excluding hydrogens is 376 g/mol. The number of amides is 1. The largest absolute Gasteiger partial charge is 0.346 e. The molecule has 136 valence electrons. The lowest BCUT2D eigenvalue weighted by Gasteiger charge is -2.07. The molecule has 3 aromatic rings. The first-order valence-corrected chi connectivity index (χ1v) is 9.75. The quantitative estimate of drug-likeness (QED) is 0.662. The highest BCUT2D eigenvalue weighted by Crippen LogP contribution is 2.31. The number of nitrogens with one attached hydrogen (secondary N) is 1. The molecular formula is C18H17F2N3OS2. The number of carbonyl (C=O) groups is 1. The van der Waals surface area contributed by atoms with Gasteiger partial charge in [-0.1, -0.05) is 19.9 Å². The van der Waals surface area contributed by atoms with Crippen molar-refractivity contribution in [2.24, 2.45) is 5.92 Å². The topological polar surface area (TPSA) is 54.9 Å². The summed E-state index contributed by atoms with van der Waals surface area (Å²) in [6.45, 7) is 4.10. The SMILES string of the molecule is CC(C)Cc1sc(-c2nccs2)nc1C(=O)NCc1ccc(F)cc1F. The average Bonchev–Trinajstić information content (AvgIpc) is 3.22. The smallest absolute Gasteiger partial charge is 0.271 e. The number of benzene rings is 1. The summed E-state index contributed by atoms with van der Waals surface area (Å²) in [7, 11) is 0. The Kier molecular flexibility index (Phi) is 5.73. The molecule has 8 heteroatoms. The summed E-state index contributed by atoms with van der Waals surface area (Å²) in [6.07, 6.45) is 2.41. The summed E-state index contributed by atoms with van der Waals surface area (Å²) >= 11 is 2.92. The monoisotopic (exact) mass is 393 g/mol. The maximum absolute atomic E-state index is 13.7. The second-order valence-corrected chi connectivity index (χ2v) is 8.12. The summed E-state index contributed by atoms with van der Waals surface area (Å²) in [4.78, 5) is 22.2. The van der Waals surface area contributed by atoms with Gasteiger partial charge in [0.25, 0.3) is 5.91 Å². The number of rotatable bonds is 6. The molecule has 0 fully saturated rings. The van der Waals surface area contributed by atoms with Gasteiger partial charge in [-0.3, -0.25) is 4.79 Å². The Labute approximate surface area is 157 Å². The average molecular weight is 393 g/mol. The third-order valence-electron chi connectivity index (χ3n) is 3.58. The van der Waals surface area contributed by atoms with Crippen LogP contribution in [0.4, 0.5) is 8.78 Å². The molecule has 0 saturated heterocycles. The summed E-state index contributed by atoms with van der Waals surface area (Å²) in [5, 5.41) is 6.00. The maximum Gasteiger partial charge on any atom is 0.271 e. The van der Waals surface area contributed by atoms with Crippen LogP contribution in [0, 0.1) is 17.6 Å². The highest BCUT2D eigenvalue weighted by molar-refractivity contribution is 7.20. The van der Waals surface area contributed by atoms with Gasteiger partial charge in [0.05, 0.1) is 0 Å². The Morgan fingerprint density at radius 2 is 2.08 bits per heavy atom. The van der Waals surface area contributed by atoms with Crippen LogP contribution in [0.1, 0.15) is 34.8 Å². The number of nitrogens with zero attached hydrogens (tertiary/aromatic N) is 2. The van der Waals surface area contributed by atoms with E-state index in [0.29, 0.717) is 16.6 Å². The van der Waals surface area contributed by atoms with Gasteiger partial charge in [0.1, 0.15) is 17.3 Å². The first kappa shape index (κ1) is 18.6. The van der Waals surface area contributed by atoms with Crippen molar-refractivity contribution in [2.75, 3.05) is 0 Å². The first-order valence-electron chi connectivity index (χ1n) is 8.05. The fourth-order valence-electron chi connectivity index (χ4n) is 2.38. The fraction of sp³-hybridized carbons (Fsp3) is 0.278. The number of hydrogen-bond acceptors (Lipinski definition) is 5. The Balaban J connectivity index is 1.81. The minimum atomic E-state index is -0.686. The summed E-state index contributed by atoms with van der Waals surface area (Å²) in [5.74, 6) is -1.34. The van der Waals surface area contributed by atoms with Gasteiger partial charge in [-0.05, 0) is 18.4 Å². The van der Waals surface area contributed by atoms with Crippen molar-refractivity contribution in [1.29, 1.82) is 0 Å². The molecule has 0 bridgehead atoms. The highest BCUT2D eigenvalue weighted by atomic mass is 32.1. The summed E-state index contributed by atoms with van der Waals surface area (Å²) < 4.78 is 26.7. The molecule has 0 saturated carbocycles. The van der Waals surface area contributed by atoms with Crippen molar-refractivity contribution in [3.63, 3.8) is 0 Å². The van der Waals surface area contributed by atoms with Crippen LogP contribution in [-0.2, 0) is 13.0 Å². The van der Waals surface area contributed by atoms with E-state index < -0.39 is 11.6 Å². The predicted octanol–water partition coefficient (Wildman–Crippen LogP) is 4.67. The predicted molar refractivity (Wildman–Crippen MR) is 99.3 cm³/mol. The van der Waals surface area contributed by atoms with Crippen molar-refractivity contribution < 1.29 is 13.6 Å². The van der Waals surface area contributed by atoms with E-state index in [1.807, 2.05) is 5.38 Å². The van der Waals surface area contributed by atoms with E-state index in [1.54, 1.807) is 6.20 Å². The van der Waals surface area contributed by atoms with Crippen LogP contribution in [0.25, 0.3) is 10.0 Å². The molecule has 2 aromatic heterocycles. The van der Waals surface area contributed by atoms with Crippen LogP contribution >= 0.6 is 22.7 Å².